The van der Waals surface area contributed by atoms with E-state index in [1.54, 1.807) is 11.3 Å². The Morgan fingerprint density at radius 1 is 1.12 bits per heavy atom. The molecule has 32 heavy (non-hydrogen) atoms. The van der Waals surface area contributed by atoms with Crippen molar-refractivity contribution in [1.29, 1.82) is 0 Å². The van der Waals surface area contributed by atoms with Gasteiger partial charge in [0.2, 0.25) is 5.91 Å². The highest BCUT2D eigenvalue weighted by Gasteiger charge is 2.22. The van der Waals surface area contributed by atoms with Crippen molar-refractivity contribution in [2.75, 3.05) is 18.2 Å². The van der Waals surface area contributed by atoms with Gasteiger partial charge in [-0.25, -0.2) is 4.79 Å². The second kappa shape index (κ2) is 10.1. The Morgan fingerprint density at radius 3 is 2.66 bits per heavy atom. The molecule has 0 saturated heterocycles. The molecule has 0 bridgehead atoms. The van der Waals surface area contributed by atoms with Gasteiger partial charge < -0.3 is 14.6 Å². The number of thioether (sulfide) groups is 1. The predicted molar refractivity (Wildman–Crippen MR) is 129 cm³/mol. The number of nitrogens with zero attached hydrogens (tertiary/aromatic N) is 3. The van der Waals surface area contributed by atoms with Crippen molar-refractivity contribution < 1.29 is 14.3 Å². The lowest BCUT2D eigenvalue weighted by Crippen LogP contribution is -2.16. The van der Waals surface area contributed by atoms with Gasteiger partial charge in [-0.05, 0) is 17.0 Å². The third-order valence-electron chi connectivity index (χ3n) is 4.69. The van der Waals surface area contributed by atoms with Crippen LogP contribution in [0.25, 0.3) is 11.1 Å². The maximum absolute atomic E-state index is 12.6. The summed E-state index contributed by atoms with van der Waals surface area (Å²) in [5.41, 5.74) is 1.98. The fourth-order valence-corrected chi connectivity index (χ4v) is 5.48. The number of thiophene rings is 2. The van der Waals surface area contributed by atoms with Gasteiger partial charge in [0, 0.05) is 29.3 Å². The Hall–Kier alpha value is -2.95. The number of hydrogen-bond donors (Lipinski definition) is 1. The minimum absolute atomic E-state index is 0.143. The maximum atomic E-state index is 12.6. The molecule has 4 aromatic rings. The smallest absolute Gasteiger partial charge is 0.341 e. The molecule has 3 heterocycles. The molecular formula is C22H20N4O3S3. The maximum Gasteiger partial charge on any atom is 0.341 e. The molecule has 0 aliphatic heterocycles. The lowest BCUT2D eigenvalue weighted by molar-refractivity contribution is -0.113. The SMILES string of the molecule is COC(=O)c1c(-c2ccccc2)csc1NC(=O)CSc1nnc(Cc2cccs2)n1C. The van der Waals surface area contributed by atoms with Crippen molar-refractivity contribution in [3.63, 3.8) is 0 Å². The standard InChI is InChI=1S/C22H20N4O3S3/c1-26-17(11-15-9-6-10-30-15)24-25-22(26)32-13-18(27)23-20-19(21(28)29-2)16(12-31-20)14-7-4-3-5-8-14/h3-10,12H,11,13H2,1-2H3,(H,23,27). The fourth-order valence-electron chi connectivity index (χ4n) is 3.07. The lowest BCUT2D eigenvalue weighted by Gasteiger charge is -2.08. The summed E-state index contributed by atoms with van der Waals surface area (Å²) in [5, 5.41) is 16.3. The molecule has 0 aliphatic rings. The van der Waals surface area contributed by atoms with E-state index in [4.69, 9.17) is 4.74 Å². The van der Waals surface area contributed by atoms with Crippen LogP contribution in [0.2, 0.25) is 0 Å². The molecule has 0 radical (unpaired) electrons. The summed E-state index contributed by atoms with van der Waals surface area (Å²) in [6.45, 7) is 0. The first-order valence-electron chi connectivity index (χ1n) is 9.65. The van der Waals surface area contributed by atoms with Crippen LogP contribution in [0.1, 0.15) is 21.1 Å². The van der Waals surface area contributed by atoms with Gasteiger partial charge in [-0.1, -0.05) is 48.2 Å². The van der Waals surface area contributed by atoms with Crippen molar-refractivity contribution in [3.8, 4) is 11.1 Å². The highest BCUT2D eigenvalue weighted by atomic mass is 32.2. The summed E-state index contributed by atoms with van der Waals surface area (Å²) < 4.78 is 6.86. The highest BCUT2D eigenvalue weighted by molar-refractivity contribution is 7.99. The average molecular weight is 485 g/mol. The van der Waals surface area contributed by atoms with Crippen molar-refractivity contribution in [2.24, 2.45) is 7.05 Å². The van der Waals surface area contributed by atoms with Crippen LogP contribution < -0.4 is 5.32 Å². The van der Waals surface area contributed by atoms with Crippen LogP contribution >= 0.6 is 34.4 Å². The molecular weight excluding hydrogens is 464 g/mol. The van der Waals surface area contributed by atoms with E-state index in [0.29, 0.717) is 22.1 Å². The van der Waals surface area contributed by atoms with Crippen LogP contribution in [0, 0.1) is 0 Å². The normalized spacial score (nSPS) is 10.8. The van der Waals surface area contributed by atoms with Gasteiger partial charge in [0.1, 0.15) is 16.4 Å². The molecule has 0 fully saturated rings. The van der Waals surface area contributed by atoms with Gasteiger partial charge in [-0.3, -0.25) is 4.79 Å². The minimum atomic E-state index is -0.487. The van der Waals surface area contributed by atoms with Crippen molar-refractivity contribution in [2.45, 2.75) is 11.6 Å². The number of anilines is 1. The van der Waals surface area contributed by atoms with E-state index in [0.717, 1.165) is 17.0 Å². The van der Waals surface area contributed by atoms with E-state index >= 15 is 0 Å². The monoisotopic (exact) mass is 484 g/mol. The Labute approximate surface area is 197 Å². The van der Waals surface area contributed by atoms with Crippen LogP contribution in [0.15, 0.2) is 58.4 Å². The largest absolute Gasteiger partial charge is 0.465 e. The van der Waals surface area contributed by atoms with Gasteiger partial charge in [-0.15, -0.1) is 32.9 Å². The molecule has 1 amide bonds. The van der Waals surface area contributed by atoms with Gasteiger partial charge >= 0.3 is 5.97 Å². The molecule has 10 heteroatoms. The van der Waals surface area contributed by atoms with Gasteiger partial charge in [0.25, 0.3) is 0 Å². The second-order valence-electron chi connectivity index (χ2n) is 6.76. The van der Waals surface area contributed by atoms with Gasteiger partial charge in [0.05, 0.1) is 12.9 Å². The van der Waals surface area contributed by atoms with Crippen molar-refractivity contribution in [1.82, 2.24) is 14.8 Å². The molecule has 3 aromatic heterocycles. The van der Waals surface area contributed by atoms with E-state index < -0.39 is 5.97 Å². The summed E-state index contributed by atoms with van der Waals surface area (Å²) >= 11 is 4.27. The van der Waals surface area contributed by atoms with E-state index in [1.807, 2.05) is 58.8 Å². The minimum Gasteiger partial charge on any atom is -0.465 e. The highest BCUT2D eigenvalue weighted by Crippen LogP contribution is 2.36. The molecule has 0 atom stereocenters. The summed E-state index contributed by atoms with van der Waals surface area (Å²) in [5.74, 6) is 0.266. The molecule has 0 unspecified atom stereocenters. The van der Waals surface area contributed by atoms with Gasteiger partial charge in [-0.2, -0.15) is 0 Å². The number of nitrogens with one attached hydrogen (secondary N) is 1. The lowest BCUT2D eigenvalue weighted by atomic mass is 10.0. The van der Waals surface area contributed by atoms with Crippen LogP contribution in [-0.2, 0) is 23.0 Å². The number of esters is 1. The van der Waals surface area contributed by atoms with E-state index in [9.17, 15) is 9.59 Å². The first-order chi connectivity index (χ1) is 15.6. The third kappa shape index (κ3) is 4.93. The van der Waals surface area contributed by atoms with E-state index in [2.05, 4.69) is 21.6 Å². The van der Waals surface area contributed by atoms with Crippen LogP contribution in [-0.4, -0.2) is 39.5 Å². The third-order valence-corrected chi connectivity index (χ3v) is 7.48. The second-order valence-corrected chi connectivity index (χ2v) is 9.62. The number of methoxy groups -OCH3 is 1. The summed E-state index contributed by atoms with van der Waals surface area (Å²) in [6, 6.07) is 13.6. The van der Waals surface area contributed by atoms with Crippen molar-refractivity contribution >= 4 is 51.3 Å². The first-order valence-corrected chi connectivity index (χ1v) is 12.4. The van der Waals surface area contributed by atoms with Crippen molar-refractivity contribution in [3.05, 3.63) is 69.5 Å². The van der Waals surface area contributed by atoms with Crippen LogP contribution in [0.3, 0.4) is 0 Å². The molecule has 1 aromatic carbocycles. The number of ether oxygens (including phenoxy) is 1. The zero-order valence-electron chi connectivity index (χ0n) is 17.4. The van der Waals surface area contributed by atoms with E-state index in [-0.39, 0.29) is 11.7 Å². The molecule has 0 spiro atoms. The number of rotatable bonds is 8. The molecule has 4 rings (SSSR count). The Morgan fingerprint density at radius 2 is 1.94 bits per heavy atom. The molecule has 1 N–H and O–H groups in total. The Balaban J connectivity index is 1.44. The molecule has 7 nitrogen and oxygen atoms in total. The molecule has 0 saturated carbocycles. The van der Waals surface area contributed by atoms with E-state index in [1.165, 1.54) is 35.1 Å². The Bertz CT molecular complexity index is 1220. The zero-order chi connectivity index (χ0) is 22.5. The first kappa shape index (κ1) is 22.3. The summed E-state index contributed by atoms with van der Waals surface area (Å²) in [6.07, 6.45) is 0.702. The fraction of sp³-hybridized carbons (Fsp3) is 0.182. The molecule has 0 aliphatic carbocycles. The number of benzene rings is 1. The average Bonchev–Trinajstić information content (AvgIpc) is 3.55. The number of carbonyl (C=O) groups is 2. The Kier molecular flexibility index (Phi) is 7.03. The number of aromatic nitrogens is 3. The summed E-state index contributed by atoms with van der Waals surface area (Å²) in [4.78, 5) is 26.3. The summed E-state index contributed by atoms with van der Waals surface area (Å²) in [7, 11) is 3.22. The molecule has 164 valence electrons. The number of carbonyl (C=O) groups excluding carboxylic acids is 2. The quantitative estimate of drug-likeness (QED) is 0.288. The number of amides is 1. The van der Waals surface area contributed by atoms with Crippen LogP contribution in [0.4, 0.5) is 5.00 Å². The number of hydrogen-bond acceptors (Lipinski definition) is 8. The van der Waals surface area contributed by atoms with Crippen LogP contribution in [0.5, 0.6) is 0 Å². The zero-order valence-corrected chi connectivity index (χ0v) is 19.9. The van der Waals surface area contributed by atoms with Gasteiger partial charge in [0.15, 0.2) is 5.16 Å². The topological polar surface area (TPSA) is 86.1 Å². The predicted octanol–water partition coefficient (Wildman–Crippen LogP) is 4.71.